The molecule has 1 heterocycles. The molecule has 1 aliphatic rings. The van der Waals surface area contributed by atoms with Gasteiger partial charge >= 0.3 is 12.1 Å². The van der Waals surface area contributed by atoms with Crippen molar-refractivity contribution >= 4 is 35.5 Å². The summed E-state index contributed by atoms with van der Waals surface area (Å²) < 4.78 is 16.0. The van der Waals surface area contributed by atoms with Gasteiger partial charge in [0.2, 0.25) is 0 Å². The fraction of sp³-hybridized carbons (Fsp3) is 0.364. The quantitative estimate of drug-likeness (QED) is 0.569. The van der Waals surface area contributed by atoms with Crippen LogP contribution in [0.4, 0.5) is 4.79 Å². The number of nitrogens with zero attached hydrogens (tertiary/aromatic N) is 1. The minimum Gasteiger partial charge on any atom is -0.468 e. The molecular formula is C22H24ClNO5S. The lowest BCUT2D eigenvalue weighted by Gasteiger charge is -2.32. The molecule has 1 fully saturated rings. The molecule has 0 amide bonds. The van der Waals surface area contributed by atoms with Crippen molar-refractivity contribution in [2.45, 2.75) is 30.5 Å². The summed E-state index contributed by atoms with van der Waals surface area (Å²) in [5, 5.41) is 0.440. The third kappa shape index (κ3) is 5.28. The first-order valence-corrected chi connectivity index (χ1v) is 11.2. The molecule has 160 valence electrons. The van der Waals surface area contributed by atoms with Crippen molar-refractivity contribution in [3.8, 4) is 0 Å². The summed E-state index contributed by atoms with van der Waals surface area (Å²) >= 11 is 7.94. The van der Waals surface area contributed by atoms with Crippen LogP contribution < -0.4 is 0 Å². The van der Waals surface area contributed by atoms with E-state index >= 15 is 0 Å². The Morgan fingerprint density at radius 1 is 1.17 bits per heavy atom. The number of carbonyl (C=O) groups excluding carboxylic acids is 2. The molecule has 2 aromatic carbocycles. The van der Waals surface area contributed by atoms with Crippen molar-refractivity contribution in [3.05, 3.63) is 70.7 Å². The Kier molecular flexibility index (Phi) is 8.01. The first-order chi connectivity index (χ1) is 14.5. The molecule has 6 nitrogen and oxygen atoms in total. The molecular weight excluding hydrogens is 426 g/mol. The van der Waals surface area contributed by atoms with Crippen LogP contribution in [0.5, 0.6) is 0 Å². The fourth-order valence-electron chi connectivity index (χ4n) is 3.51. The molecule has 0 aromatic heterocycles. The average molecular weight is 450 g/mol. The van der Waals surface area contributed by atoms with Gasteiger partial charge in [0.25, 0.3) is 0 Å². The number of methoxy groups -OCH3 is 1. The lowest BCUT2D eigenvalue weighted by atomic mass is 10.1. The average Bonchev–Trinajstić information content (AvgIpc) is 3.16. The molecule has 8 heteroatoms. The number of rotatable bonds is 7. The van der Waals surface area contributed by atoms with E-state index in [1.807, 2.05) is 47.6 Å². The molecule has 3 atom stereocenters. The van der Waals surface area contributed by atoms with Crippen LogP contribution in [0.15, 0.2) is 54.6 Å². The van der Waals surface area contributed by atoms with Crippen molar-refractivity contribution in [3.63, 3.8) is 0 Å². The molecule has 30 heavy (non-hydrogen) atoms. The van der Waals surface area contributed by atoms with E-state index < -0.39 is 24.4 Å². The van der Waals surface area contributed by atoms with E-state index in [2.05, 4.69) is 0 Å². The SMILES string of the molecule is COC(=O)[C@H](c1ccccc1Cl)N1CCC(SC)C1OC(=O)OCc1ccccc1. The number of esters is 1. The smallest absolute Gasteiger partial charge is 0.468 e. The number of hydrogen-bond acceptors (Lipinski definition) is 7. The minimum atomic E-state index is -0.784. The topological polar surface area (TPSA) is 65.1 Å². The van der Waals surface area contributed by atoms with Crippen molar-refractivity contribution in [1.29, 1.82) is 0 Å². The van der Waals surface area contributed by atoms with Crippen LogP contribution >= 0.6 is 23.4 Å². The maximum absolute atomic E-state index is 12.7. The van der Waals surface area contributed by atoms with Gasteiger partial charge in [-0.3, -0.25) is 0 Å². The molecule has 2 aromatic rings. The Morgan fingerprint density at radius 3 is 2.53 bits per heavy atom. The zero-order valence-corrected chi connectivity index (χ0v) is 18.4. The lowest BCUT2D eigenvalue weighted by molar-refractivity contribution is -0.151. The molecule has 2 unspecified atom stereocenters. The highest BCUT2D eigenvalue weighted by molar-refractivity contribution is 7.99. The number of halogens is 1. The van der Waals surface area contributed by atoms with E-state index in [4.69, 9.17) is 25.8 Å². The minimum absolute atomic E-state index is 0.0103. The monoisotopic (exact) mass is 449 g/mol. The van der Waals surface area contributed by atoms with Gasteiger partial charge in [0.15, 0.2) is 6.23 Å². The molecule has 1 aliphatic heterocycles. The van der Waals surface area contributed by atoms with Gasteiger partial charge in [-0.2, -0.15) is 11.8 Å². The normalized spacial score (nSPS) is 19.8. The molecule has 3 rings (SSSR count). The number of likely N-dealkylation sites (tertiary alicyclic amines) is 1. The molecule has 0 N–H and O–H groups in total. The van der Waals surface area contributed by atoms with Gasteiger partial charge in [-0.15, -0.1) is 0 Å². The van der Waals surface area contributed by atoms with Gasteiger partial charge in [0, 0.05) is 11.6 Å². The van der Waals surface area contributed by atoms with E-state index in [-0.39, 0.29) is 11.9 Å². The Balaban J connectivity index is 1.78. The van der Waals surface area contributed by atoms with Crippen LogP contribution in [0.25, 0.3) is 0 Å². The second-order valence-corrected chi connectivity index (χ2v) is 8.26. The van der Waals surface area contributed by atoms with E-state index in [0.717, 1.165) is 12.0 Å². The summed E-state index contributed by atoms with van der Waals surface area (Å²) in [6.45, 7) is 0.661. The fourth-order valence-corrected chi connectivity index (χ4v) is 4.54. The molecule has 0 aliphatic carbocycles. The Labute approximate surface area is 185 Å². The van der Waals surface area contributed by atoms with Gasteiger partial charge in [0.05, 0.1) is 12.4 Å². The Hall–Kier alpha value is -2.22. The third-order valence-electron chi connectivity index (χ3n) is 4.99. The third-order valence-corrected chi connectivity index (χ3v) is 6.41. The number of carbonyl (C=O) groups is 2. The van der Waals surface area contributed by atoms with E-state index in [9.17, 15) is 9.59 Å². The van der Waals surface area contributed by atoms with Crippen molar-refractivity contribution in [1.82, 2.24) is 4.90 Å². The van der Waals surface area contributed by atoms with Gasteiger partial charge in [-0.05, 0) is 29.9 Å². The Bertz CT molecular complexity index is 866. The number of benzene rings is 2. The van der Waals surface area contributed by atoms with Gasteiger partial charge in [0.1, 0.15) is 12.6 Å². The molecule has 0 saturated carbocycles. The van der Waals surface area contributed by atoms with Crippen LogP contribution in [0.1, 0.15) is 23.6 Å². The molecule has 0 radical (unpaired) electrons. The lowest BCUT2D eigenvalue weighted by Crippen LogP contribution is -2.43. The van der Waals surface area contributed by atoms with Crippen molar-refractivity contribution < 1.29 is 23.8 Å². The zero-order valence-electron chi connectivity index (χ0n) is 16.8. The van der Waals surface area contributed by atoms with Crippen LogP contribution in [-0.2, 0) is 25.6 Å². The van der Waals surface area contributed by atoms with Gasteiger partial charge in [-0.25, -0.2) is 14.5 Å². The number of ether oxygens (including phenoxy) is 3. The van der Waals surface area contributed by atoms with E-state index in [1.54, 1.807) is 30.0 Å². The summed E-state index contributed by atoms with van der Waals surface area (Å²) in [4.78, 5) is 26.9. The zero-order chi connectivity index (χ0) is 21.5. The van der Waals surface area contributed by atoms with E-state index in [0.29, 0.717) is 17.1 Å². The van der Waals surface area contributed by atoms with Crippen LogP contribution in [-0.4, -0.2) is 48.4 Å². The largest absolute Gasteiger partial charge is 0.510 e. The van der Waals surface area contributed by atoms with Gasteiger partial charge in [-0.1, -0.05) is 60.1 Å². The highest BCUT2D eigenvalue weighted by atomic mass is 35.5. The summed E-state index contributed by atoms with van der Waals surface area (Å²) in [5.41, 5.74) is 1.47. The van der Waals surface area contributed by atoms with Crippen molar-refractivity contribution in [2.75, 3.05) is 19.9 Å². The Morgan fingerprint density at radius 2 is 1.87 bits per heavy atom. The first kappa shape index (κ1) is 22.5. The summed E-state index contributed by atoms with van der Waals surface area (Å²) in [6, 6.07) is 15.7. The molecule has 0 spiro atoms. The van der Waals surface area contributed by atoms with Crippen LogP contribution in [0, 0.1) is 0 Å². The first-order valence-electron chi connectivity index (χ1n) is 9.53. The summed E-state index contributed by atoms with van der Waals surface area (Å²) in [7, 11) is 1.33. The predicted octanol–water partition coefficient (Wildman–Crippen LogP) is 4.67. The van der Waals surface area contributed by atoms with Crippen molar-refractivity contribution in [2.24, 2.45) is 0 Å². The highest BCUT2D eigenvalue weighted by Gasteiger charge is 2.44. The number of hydrogen-bond donors (Lipinski definition) is 0. The second kappa shape index (κ2) is 10.7. The van der Waals surface area contributed by atoms with Crippen LogP contribution in [0.2, 0.25) is 5.02 Å². The summed E-state index contributed by atoms with van der Waals surface area (Å²) in [6.07, 6.45) is 1.26. The summed E-state index contributed by atoms with van der Waals surface area (Å²) in [5.74, 6) is -0.462. The van der Waals surface area contributed by atoms with Gasteiger partial charge < -0.3 is 14.2 Å². The molecule has 1 saturated heterocycles. The second-order valence-electron chi connectivity index (χ2n) is 6.78. The van der Waals surface area contributed by atoms with Crippen LogP contribution in [0.3, 0.4) is 0 Å². The maximum atomic E-state index is 12.7. The number of thioether (sulfide) groups is 1. The highest BCUT2D eigenvalue weighted by Crippen LogP contribution is 2.38. The standard InChI is InChI=1S/C22H24ClNO5S/c1-27-21(25)19(16-10-6-7-11-17(16)23)24-13-12-18(30-2)20(24)29-22(26)28-14-15-8-4-3-5-9-15/h3-11,18-20H,12-14H2,1-2H3/t18?,19-,20?/m0/s1. The maximum Gasteiger partial charge on any atom is 0.510 e. The van der Waals surface area contributed by atoms with E-state index in [1.165, 1.54) is 7.11 Å². The molecule has 0 bridgehead atoms. The predicted molar refractivity (Wildman–Crippen MR) is 116 cm³/mol.